The Morgan fingerprint density at radius 1 is 1.00 bits per heavy atom. The number of nitrogens with one attached hydrogen (secondary N) is 2. The molecular weight excluding hydrogens is 413 g/mol. The summed E-state index contributed by atoms with van der Waals surface area (Å²) in [5.74, 6) is -0.452. The number of hydrogen-bond donors (Lipinski definition) is 2. The quantitative estimate of drug-likeness (QED) is 0.481. The zero-order valence-corrected chi connectivity index (χ0v) is 16.2. The maximum absolute atomic E-state index is 13.2. The van der Waals surface area contributed by atoms with Gasteiger partial charge >= 0.3 is 0 Å². The van der Waals surface area contributed by atoms with Gasteiger partial charge in [-0.15, -0.1) is 15.3 Å². The van der Waals surface area contributed by atoms with Crippen LogP contribution in [0.25, 0.3) is 0 Å². The van der Waals surface area contributed by atoms with E-state index >= 15 is 0 Å². The van der Waals surface area contributed by atoms with Gasteiger partial charge in [0.15, 0.2) is 11.0 Å². The molecule has 29 heavy (non-hydrogen) atoms. The third-order valence-corrected chi connectivity index (χ3v) is 5.39. The first-order valence-corrected chi connectivity index (χ1v) is 9.88. The molecule has 0 bridgehead atoms. The number of aromatic amines is 1. The van der Waals surface area contributed by atoms with Gasteiger partial charge in [0, 0.05) is 16.0 Å². The number of pyridine rings is 1. The normalized spacial score (nSPS) is 10.7. The Labute approximate surface area is 172 Å². The minimum absolute atomic E-state index is 0.203. The molecule has 0 unspecified atom stereocenters. The van der Waals surface area contributed by atoms with Crippen molar-refractivity contribution in [1.82, 2.24) is 30.4 Å². The van der Waals surface area contributed by atoms with Gasteiger partial charge in [0.1, 0.15) is 22.9 Å². The Balaban J connectivity index is 1.65. The molecule has 2 N–H and O–H groups in total. The number of rotatable bonds is 6. The lowest BCUT2D eigenvalue weighted by Gasteiger charge is -2.10. The van der Waals surface area contributed by atoms with Crippen LogP contribution < -0.4 is 5.32 Å². The van der Waals surface area contributed by atoms with Crippen molar-refractivity contribution >= 4 is 35.2 Å². The van der Waals surface area contributed by atoms with Gasteiger partial charge in [-0.1, -0.05) is 11.8 Å². The first kappa shape index (κ1) is 19.0. The minimum atomic E-state index is -0.435. The van der Waals surface area contributed by atoms with E-state index in [0.29, 0.717) is 20.9 Å². The van der Waals surface area contributed by atoms with Crippen molar-refractivity contribution in [2.45, 2.75) is 20.0 Å². The molecule has 0 fully saturated rings. The summed E-state index contributed by atoms with van der Waals surface area (Å²) in [7, 11) is 0. The number of nitrogens with zero attached hydrogens (tertiary/aromatic N) is 5. The summed E-state index contributed by atoms with van der Waals surface area (Å²) >= 11 is 2.55. The maximum Gasteiger partial charge on any atom is 0.276 e. The number of halogens is 1. The molecule has 3 aromatic heterocycles. The van der Waals surface area contributed by atoms with Crippen LogP contribution in [0, 0.1) is 5.82 Å². The summed E-state index contributed by atoms with van der Waals surface area (Å²) in [4.78, 5) is 21.6. The average molecular weight is 425 g/mol. The maximum atomic E-state index is 13.2. The first-order chi connectivity index (χ1) is 14.2. The lowest BCUT2D eigenvalue weighted by atomic mass is 10.3. The highest BCUT2D eigenvalue weighted by atomic mass is 32.2. The molecule has 0 saturated heterocycles. The van der Waals surface area contributed by atoms with Gasteiger partial charge in [-0.25, -0.2) is 9.37 Å². The Morgan fingerprint density at radius 3 is 2.59 bits per heavy atom. The van der Waals surface area contributed by atoms with Crippen LogP contribution in [0.1, 0.15) is 10.5 Å². The third-order valence-electron chi connectivity index (χ3n) is 3.50. The van der Waals surface area contributed by atoms with Crippen LogP contribution in [0.5, 0.6) is 0 Å². The zero-order chi connectivity index (χ0) is 20.1. The van der Waals surface area contributed by atoms with Gasteiger partial charge < -0.3 is 10.3 Å². The predicted molar refractivity (Wildman–Crippen MR) is 105 cm³/mol. The molecule has 0 aliphatic carbocycles. The SMILES string of the molecule is O=C(Nc1cccnn1)c1nc(Sc2nnc[nH]2)ccc1Sc1ccc(F)cc1. The lowest BCUT2D eigenvalue weighted by Crippen LogP contribution is -2.16. The monoisotopic (exact) mass is 425 g/mol. The molecule has 3 heterocycles. The van der Waals surface area contributed by atoms with Crippen molar-refractivity contribution in [3.8, 4) is 0 Å². The molecular formula is C18H12FN7OS2. The Morgan fingerprint density at radius 2 is 1.86 bits per heavy atom. The first-order valence-electron chi connectivity index (χ1n) is 8.25. The van der Waals surface area contributed by atoms with Gasteiger partial charge in [-0.3, -0.25) is 4.79 Å². The Bertz CT molecular complexity index is 1110. The molecule has 0 radical (unpaired) electrons. The van der Waals surface area contributed by atoms with E-state index in [-0.39, 0.29) is 11.5 Å². The van der Waals surface area contributed by atoms with Crippen molar-refractivity contribution in [3.63, 3.8) is 0 Å². The molecule has 144 valence electrons. The van der Waals surface area contributed by atoms with Crippen LogP contribution in [0.3, 0.4) is 0 Å². The third kappa shape index (κ3) is 4.95. The van der Waals surface area contributed by atoms with Crippen molar-refractivity contribution < 1.29 is 9.18 Å². The van der Waals surface area contributed by atoms with E-state index in [1.807, 2.05) is 0 Å². The van der Waals surface area contributed by atoms with Crippen LogP contribution in [0.2, 0.25) is 0 Å². The summed E-state index contributed by atoms with van der Waals surface area (Å²) in [6, 6.07) is 12.9. The highest BCUT2D eigenvalue weighted by molar-refractivity contribution is 7.99. The molecule has 0 aliphatic rings. The van der Waals surface area contributed by atoms with E-state index in [1.54, 1.807) is 36.4 Å². The van der Waals surface area contributed by atoms with E-state index in [4.69, 9.17) is 0 Å². The fourth-order valence-corrected chi connectivity index (χ4v) is 3.81. The molecule has 1 aromatic carbocycles. The van der Waals surface area contributed by atoms with Crippen molar-refractivity contribution in [3.05, 3.63) is 72.6 Å². The topological polar surface area (TPSA) is 109 Å². The van der Waals surface area contributed by atoms with Gasteiger partial charge in [0.2, 0.25) is 0 Å². The minimum Gasteiger partial charge on any atom is -0.322 e. The molecule has 0 aliphatic heterocycles. The van der Waals surface area contributed by atoms with Crippen LogP contribution in [0.15, 0.2) is 81.0 Å². The second-order valence-electron chi connectivity index (χ2n) is 5.51. The van der Waals surface area contributed by atoms with Crippen LogP contribution in [-0.2, 0) is 0 Å². The fraction of sp³-hybridized carbons (Fsp3) is 0. The van der Waals surface area contributed by atoms with Crippen molar-refractivity contribution in [2.75, 3.05) is 5.32 Å². The molecule has 1 amide bonds. The molecule has 4 rings (SSSR count). The van der Waals surface area contributed by atoms with Gasteiger partial charge in [-0.05, 0) is 60.3 Å². The van der Waals surface area contributed by atoms with Crippen molar-refractivity contribution in [1.29, 1.82) is 0 Å². The number of carbonyl (C=O) groups excluding carboxylic acids is 1. The molecule has 11 heteroatoms. The predicted octanol–water partition coefficient (Wildman–Crippen LogP) is 3.68. The number of benzene rings is 1. The number of hydrogen-bond acceptors (Lipinski definition) is 8. The molecule has 0 saturated carbocycles. The van der Waals surface area contributed by atoms with E-state index in [2.05, 4.69) is 35.7 Å². The number of H-pyrrole nitrogens is 1. The van der Waals surface area contributed by atoms with E-state index in [1.165, 1.54) is 48.2 Å². The summed E-state index contributed by atoms with van der Waals surface area (Å²) in [6.45, 7) is 0. The molecule has 0 spiro atoms. The van der Waals surface area contributed by atoms with Gasteiger partial charge in [-0.2, -0.15) is 5.10 Å². The average Bonchev–Trinajstić information content (AvgIpc) is 3.24. The summed E-state index contributed by atoms with van der Waals surface area (Å²) in [5.41, 5.74) is 0.203. The Hall–Kier alpha value is -3.31. The van der Waals surface area contributed by atoms with E-state index < -0.39 is 5.91 Å². The van der Waals surface area contributed by atoms with Crippen LogP contribution >= 0.6 is 23.5 Å². The van der Waals surface area contributed by atoms with Crippen LogP contribution in [-0.4, -0.2) is 36.3 Å². The number of aromatic nitrogens is 6. The van der Waals surface area contributed by atoms with Crippen molar-refractivity contribution in [2.24, 2.45) is 0 Å². The summed E-state index contributed by atoms with van der Waals surface area (Å²) < 4.78 is 13.2. The molecule has 0 atom stereocenters. The van der Waals surface area contributed by atoms with Crippen LogP contribution in [0.4, 0.5) is 10.2 Å². The summed E-state index contributed by atoms with van der Waals surface area (Å²) in [6.07, 6.45) is 2.97. The fourth-order valence-electron chi connectivity index (χ4n) is 2.25. The van der Waals surface area contributed by atoms with Gasteiger partial charge in [0.05, 0.1) is 0 Å². The standard InChI is InChI=1S/C18H12FN7OS2/c19-11-3-5-12(6-4-11)28-13-7-8-15(29-18-20-10-22-26-18)24-16(13)17(27)23-14-2-1-9-21-25-14/h1-10H,(H,20,22,26)(H,23,25,27). The second-order valence-corrected chi connectivity index (χ2v) is 7.64. The highest BCUT2D eigenvalue weighted by Gasteiger charge is 2.17. The number of anilines is 1. The lowest BCUT2D eigenvalue weighted by molar-refractivity contribution is 0.101. The number of carbonyl (C=O) groups is 1. The smallest absolute Gasteiger partial charge is 0.276 e. The molecule has 8 nitrogen and oxygen atoms in total. The largest absolute Gasteiger partial charge is 0.322 e. The van der Waals surface area contributed by atoms with Gasteiger partial charge in [0.25, 0.3) is 5.91 Å². The second kappa shape index (κ2) is 8.80. The summed E-state index contributed by atoms with van der Waals surface area (Å²) in [5, 5.41) is 19.1. The van der Waals surface area contributed by atoms with E-state index in [9.17, 15) is 9.18 Å². The Kier molecular flexibility index (Phi) is 5.77. The highest BCUT2D eigenvalue weighted by Crippen LogP contribution is 2.32. The number of amides is 1. The zero-order valence-electron chi connectivity index (χ0n) is 14.6. The van der Waals surface area contributed by atoms with E-state index in [0.717, 1.165) is 4.90 Å². The molecule has 4 aromatic rings.